The molecule has 1 aromatic carbocycles. The average molecular weight is 287 g/mol. The standard InChI is InChI=1S/C15H17N3O3/c1-3-8-16-15-10-12(18(19)20)9-14(17-15)11-4-6-13(21-2)7-5-11/h4-7,9-10H,3,8H2,1-2H3,(H,16,17). The number of rotatable bonds is 6. The highest BCUT2D eigenvalue weighted by Crippen LogP contribution is 2.26. The number of anilines is 1. The Morgan fingerprint density at radius 1 is 1.29 bits per heavy atom. The van der Waals surface area contributed by atoms with Crippen LogP contribution in [-0.4, -0.2) is 23.6 Å². The van der Waals surface area contributed by atoms with Crippen LogP contribution < -0.4 is 10.1 Å². The fourth-order valence-corrected chi connectivity index (χ4v) is 1.87. The summed E-state index contributed by atoms with van der Waals surface area (Å²) in [6, 6.07) is 10.2. The number of aromatic nitrogens is 1. The lowest BCUT2D eigenvalue weighted by molar-refractivity contribution is -0.384. The molecule has 0 radical (unpaired) electrons. The van der Waals surface area contributed by atoms with E-state index in [1.54, 1.807) is 19.2 Å². The zero-order valence-corrected chi connectivity index (χ0v) is 12.0. The van der Waals surface area contributed by atoms with E-state index in [-0.39, 0.29) is 5.69 Å². The minimum Gasteiger partial charge on any atom is -0.497 e. The van der Waals surface area contributed by atoms with Crippen LogP contribution in [0, 0.1) is 10.1 Å². The summed E-state index contributed by atoms with van der Waals surface area (Å²) in [5, 5.41) is 14.1. The lowest BCUT2D eigenvalue weighted by atomic mass is 10.1. The van der Waals surface area contributed by atoms with Gasteiger partial charge in [0.25, 0.3) is 5.69 Å². The number of methoxy groups -OCH3 is 1. The first-order valence-electron chi connectivity index (χ1n) is 6.69. The van der Waals surface area contributed by atoms with Crippen LogP contribution in [0.25, 0.3) is 11.3 Å². The van der Waals surface area contributed by atoms with Gasteiger partial charge in [-0.2, -0.15) is 0 Å². The zero-order valence-electron chi connectivity index (χ0n) is 12.0. The molecule has 0 bridgehead atoms. The van der Waals surface area contributed by atoms with Crippen molar-refractivity contribution in [3.05, 3.63) is 46.5 Å². The third-order valence-electron chi connectivity index (χ3n) is 2.96. The van der Waals surface area contributed by atoms with E-state index in [0.717, 1.165) is 24.3 Å². The minimum absolute atomic E-state index is 0.0226. The third-order valence-corrected chi connectivity index (χ3v) is 2.96. The number of nitrogens with one attached hydrogen (secondary N) is 1. The van der Waals surface area contributed by atoms with E-state index in [4.69, 9.17) is 4.74 Å². The summed E-state index contributed by atoms with van der Waals surface area (Å²) in [6.45, 7) is 2.74. The van der Waals surface area contributed by atoms with Gasteiger partial charge in [-0.05, 0) is 30.7 Å². The summed E-state index contributed by atoms with van der Waals surface area (Å²) in [6.07, 6.45) is 0.919. The maximum atomic E-state index is 11.0. The predicted octanol–water partition coefficient (Wildman–Crippen LogP) is 3.49. The Hall–Kier alpha value is -2.63. The molecular formula is C15H17N3O3. The molecule has 0 unspecified atom stereocenters. The Morgan fingerprint density at radius 2 is 2.00 bits per heavy atom. The monoisotopic (exact) mass is 287 g/mol. The van der Waals surface area contributed by atoms with Gasteiger partial charge in [-0.1, -0.05) is 6.92 Å². The summed E-state index contributed by atoms with van der Waals surface area (Å²) in [7, 11) is 1.59. The highest BCUT2D eigenvalue weighted by atomic mass is 16.6. The van der Waals surface area contributed by atoms with Crippen molar-refractivity contribution in [2.24, 2.45) is 0 Å². The first-order valence-corrected chi connectivity index (χ1v) is 6.69. The molecule has 1 N–H and O–H groups in total. The summed E-state index contributed by atoms with van der Waals surface area (Å²) in [4.78, 5) is 15.1. The average Bonchev–Trinajstić information content (AvgIpc) is 2.52. The van der Waals surface area contributed by atoms with E-state index in [2.05, 4.69) is 10.3 Å². The zero-order chi connectivity index (χ0) is 15.2. The van der Waals surface area contributed by atoms with Crippen molar-refractivity contribution in [2.75, 3.05) is 19.0 Å². The van der Waals surface area contributed by atoms with Gasteiger partial charge in [-0.25, -0.2) is 4.98 Å². The fraction of sp³-hybridized carbons (Fsp3) is 0.267. The Bertz CT molecular complexity index is 627. The van der Waals surface area contributed by atoms with E-state index in [9.17, 15) is 10.1 Å². The SMILES string of the molecule is CCCNc1cc([N+](=O)[O-])cc(-c2ccc(OC)cc2)n1. The highest BCUT2D eigenvalue weighted by Gasteiger charge is 2.12. The maximum absolute atomic E-state index is 11.0. The van der Waals surface area contributed by atoms with Crippen molar-refractivity contribution in [1.82, 2.24) is 4.98 Å². The summed E-state index contributed by atoms with van der Waals surface area (Å²) < 4.78 is 5.10. The molecule has 2 aromatic rings. The van der Waals surface area contributed by atoms with Gasteiger partial charge < -0.3 is 10.1 Å². The van der Waals surface area contributed by atoms with E-state index in [1.165, 1.54) is 12.1 Å². The number of nitrogens with zero attached hydrogens (tertiary/aromatic N) is 2. The molecule has 6 heteroatoms. The number of pyridine rings is 1. The van der Waals surface area contributed by atoms with E-state index in [0.29, 0.717) is 11.5 Å². The number of ether oxygens (including phenoxy) is 1. The summed E-state index contributed by atoms with van der Waals surface area (Å²) >= 11 is 0. The van der Waals surface area contributed by atoms with Crippen molar-refractivity contribution in [3.63, 3.8) is 0 Å². The first kappa shape index (κ1) is 14.8. The van der Waals surface area contributed by atoms with Crippen LogP contribution >= 0.6 is 0 Å². The summed E-state index contributed by atoms with van der Waals surface area (Å²) in [5.41, 5.74) is 1.39. The molecule has 1 aromatic heterocycles. The number of benzene rings is 1. The van der Waals surface area contributed by atoms with Crippen molar-refractivity contribution in [1.29, 1.82) is 0 Å². The van der Waals surface area contributed by atoms with Crippen LogP contribution in [0.15, 0.2) is 36.4 Å². The molecule has 1 heterocycles. The first-order chi connectivity index (χ1) is 10.1. The molecule has 0 saturated heterocycles. The lowest BCUT2D eigenvalue weighted by Crippen LogP contribution is -2.03. The molecule has 110 valence electrons. The van der Waals surface area contributed by atoms with Crippen LogP contribution in [-0.2, 0) is 0 Å². The number of hydrogen-bond donors (Lipinski definition) is 1. The van der Waals surface area contributed by atoms with Crippen molar-refractivity contribution >= 4 is 11.5 Å². The second-order valence-corrected chi connectivity index (χ2v) is 4.51. The quantitative estimate of drug-likeness (QED) is 0.650. The Kier molecular flexibility index (Phi) is 4.71. The van der Waals surface area contributed by atoms with Crippen LogP contribution in [0.1, 0.15) is 13.3 Å². The molecule has 0 aliphatic rings. The minimum atomic E-state index is -0.411. The van der Waals surface area contributed by atoms with Gasteiger partial charge in [-0.3, -0.25) is 10.1 Å². The number of nitro groups is 1. The van der Waals surface area contributed by atoms with Crippen molar-refractivity contribution in [3.8, 4) is 17.0 Å². The normalized spacial score (nSPS) is 10.2. The molecule has 0 aliphatic heterocycles. The highest BCUT2D eigenvalue weighted by molar-refractivity contribution is 5.65. The number of hydrogen-bond acceptors (Lipinski definition) is 5. The maximum Gasteiger partial charge on any atom is 0.275 e. The van der Waals surface area contributed by atoms with E-state index in [1.807, 2.05) is 19.1 Å². The van der Waals surface area contributed by atoms with Gasteiger partial charge >= 0.3 is 0 Å². The molecule has 0 amide bonds. The molecule has 6 nitrogen and oxygen atoms in total. The smallest absolute Gasteiger partial charge is 0.275 e. The van der Waals surface area contributed by atoms with Crippen molar-refractivity contribution in [2.45, 2.75) is 13.3 Å². The Labute approximate surface area is 122 Å². The van der Waals surface area contributed by atoms with Gasteiger partial charge in [-0.15, -0.1) is 0 Å². The Morgan fingerprint density at radius 3 is 2.57 bits per heavy atom. The molecular weight excluding hydrogens is 270 g/mol. The van der Waals surface area contributed by atoms with Gasteiger partial charge in [0.05, 0.1) is 23.8 Å². The van der Waals surface area contributed by atoms with Crippen molar-refractivity contribution < 1.29 is 9.66 Å². The second-order valence-electron chi connectivity index (χ2n) is 4.51. The molecule has 0 fully saturated rings. The van der Waals surface area contributed by atoms with Gasteiger partial charge in [0.2, 0.25) is 0 Å². The topological polar surface area (TPSA) is 77.3 Å². The fourth-order valence-electron chi connectivity index (χ4n) is 1.87. The third kappa shape index (κ3) is 3.68. The second kappa shape index (κ2) is 6.69. The summed E-state index contributed by atoms with van der Waals surface area (Å²) in [5.74, 6) is 1.24. The lowest BCUT2D eigenvalue weighted by Gasteiger charge is -2.08. The molecule has 0 atom stereocenters. The van der Waals surface area contributed by atoms with Crippen LogP contribution in [0.5, 0.6) is 5.75 Å². The molecule has 0 spiro atoms. The Balaban J connectivity index is 2.40. The van der Waals surface area contributed by atoms with E-state index >= 15 is 0 Å². The molecule has 0 saturated carbocycles. The molecule has 2 rings (SSSR count). The largest absolute Gasteiger partial charge is 0.497 e. The predicted molar refractivity (Wildman–Crippen MR) is 81.7 cm³/mol. The van der Waals surface area contributed by atoms with Gasteiger partial charge in [0, 0.05) is 18.2 Å². The van der Waals surface area contributed by atoms with Crippen LogP contribution in [0.4, 0.5) is 11.5 Å². The van der Waals surface area contributed by atoms with Crippen LogP contribution in [0.2, 0.25) is 0 Å². The molecule has 21 heavy (non-hydrogen) atoms. The van der Waals surface area contributed by atoms with E-state index < -0.39 is 4.92 Å². The van der Waals surface area contributed by atoms with Gasteiger partial charge in [0.15, 0.2) is 0 Å². The molecule has 0 aliphatic carbocycles. The van der Waals surface area contributed by atoms with Crippen LogP contribution in [0.3, 0.4) is 0 Å². The van der Waals surface area contributed by atoms with Gasteiger partial charge in [0.1, 0.15) is 11.6 Å².